The summed E-state index contributed by atoms with van der Waals surface area (Å²) in [6.45, 7) is 13.5. The van der Waals surface area contributed by atoms with Crippen LogP contribution < -0.4 is 0 Å². The van der Waals surface area contributed by atoms with Gasteiger partial charge in [0.1, 0.15) is 6.04 Å². The van der Waals surface area contributed by atoms with Crippen LogP contribution >= 0.6 is 0 Å². The van der Waals surface area contributed by atoms with E-state index in [1.807, 2.05) is 0 Å². The van der Waals surface area contributed by atoms with Gasteiger partial charge in [0.05, 0.1) is 25.9 Å². The second kappa shape index (κ2) is 43.0. The van der Waals surface area contributed by atoms with Crippen LogP contribution in [0.5, 0.6) is 0 Å². The van der Waals surface area contributed by atoms with Crippen molar-refractivity contribution in [1.29, 1.82) is 0 Å². The first-order valence-electron chi connectivity index (χ1n) is 27.8. The van der Waals surface area contributed by atoms with Gasteiger partial charge in [-0.15, -0.1) is 0 Å². The minimum absolute atomic E-state index is 0.0142. The van der Waals surface area contributed by atoms with E-state index >= 15 is 0 Å². The minimum Gasteiger partial charge on any atom is -0.466 e. The van der Waals surface area contributed by atoms with Gasteiger partial charge < -0.3 is 28.8 Å². The Morgan fingerprint density at radius 3 is 1.61 bits per heavy atom. The van der Waals surface area contributed by atoms with E-state index in [4.69, 9.17) is 23.7 Å². The molecule has 2 rings (SSSR count). The van der Waals surface area contributed by atoms with E-state index in [2.05, 4.69) is 30.6 Å². The maximum atomic E-state index is 13.5. The van der Waals surface area contributed by atoms with Crippen molar-refractivity contribution in [2.45, 2.75) is 270 Å². The van der Waals surface area contributed by atoms with Crippen LogP contribution in [0, 0.1) is 0 Å². The van der Waals surface area contributed by atoms with Crippen LogP contribution in [-0.4, -0.2) is 117 Å². The average molecular weight is 909 g/mol. The number of nitrogens with zero attached hydrogens (tertiary/aromatic N) is 2. The number of hydrogen-bond donors (Lipinski definition) is 1. The second-order valence-electron chi connectivity index (χ2n) is 19.4. The zero-order valence-corrected chi connectivity index (χ0v) is 42.3. The van der Waals surface area contributed by atoms with Crippen molar-refractivity contribution < 1.29 is 38.4 Å². The van der Waals surface area contributed by atoms with Gasteiger partial charge in [-0.1, -0.05) is 162 Å². The molecule has 1 saturated heterocycles. The molecule has 2 aliphatic rings. The lowest BCUT2D eigenvalue weighted by Crippen LogP contribution is -2.38. The molecule has 0 aromatic heterocycles. The zero-order chi connectivity index (χ0) is 46.0. The normalized spacial score (nSPS) is 16.7. The van der Waals surface area contributed by atoms with Crippen LogP contribution in [0.4, 0.5) is 0 Å². The SMILES string of the molecule is CCCCCCCCCCCOC(=O)CCCCCN1CC(OCCCN(CCO)C2CC2)CC1C(=O)OCCCCCCCCCC(OCCCCCCC)OCCCCCCC. The molecule has 0 aromatic rings. The number of ether oxygens (including phenoxy) is 5. The molecule has 1 saturated carbocycles. The molecule has 2 atom stereocenters. The van der Waals surface area contributed by atoms with Gasteiger partial charge in [-0.2, -0.15) is 0 Å². The Labute approximate surface area is 394 Å². The first-order valence-corrected chi connectivity index (χ1v) is 27.8. The third-order valence-corrected chi connectivity index (χ3v) is 13.3. The molecule has 0 amide bonds. The van der Waals surface area contributed by atoms with Crippen LogP contribution in [-0.2, 0) is 33.3 Å². The Morgan fingerprint density at radius 1 is 0.562 bits per heavy atom. The number of likely N-dealkylation sites (tertiary alicyclic amines) is 1. The summed E-state index contributed by atoms with van der Waals surface area (Å²) in [6, 6.07) is 0.352. The maximum Gasteiger partial charge on any atom is 0.323 e. The van der Waals surface area contributed by atoms with Gasteiger partial charge in [0, 0.05) is 58.3 Å². The Balaban J connectivity index is 1.64. The molecule has 0 spiro atoms. The summed E-state index contributed by atoms with van der Waals surface area (Å²) in [7, 11) is 0. The van der Waals surface area contributed by atoms with Crippen LogP contribution in [0.2, 0.25) is 0 Å². The third kappa shape index (κ3) is 33.2. The first kappa shape index (κ1) is 58.8. The van der Waals surface area contributed by atoms with Gasteiger partial charge in [0.2, 0.25) is 0 Å². The van der Waals surface area contributed by atoms with Crippen LogP contribution in [0.3, 0.4) is 0 Å². The predicted octanol–water partition coefficient (Wildman–Crippen LogP) is 12.9. The molecular formula is C54H104N2O8. The van der Waals surface area contributed by atoms with E-state index in [9.17, 15) is 14.7 Å². The highest BCUT2D eigenvalue weighted by atomic mass is 16.7. The molecule has 1 aliphatic heterocycles. The van der Waals surface area contributed by atoms with E-state index in [-0.39, 0.29) is 37.0 Å². The van der Waals surface area contributed by atoms with E-state index in [0.717, 1.165) is 123 Å². The van der Waals surface area contributed by atoms with E-state index in [1.54, 1.807) is 0 Å². The van der Waals surface area contributed by atoms with Gasteiger partial charge in [-0.3, -0.25) is 19.4 Å². The van der Waals surface area contributed by atoms with Gasteiger partial charge in [0.25, 0.3) is 0 Å². The minimum atomic E-state index is -0.275. The van der Waals surface area contributed by atoms with Gasteiger partial charge >= 0.3 is 11.9 Å². The average Bonchev–Trinajstić information content (AvgIpc) is 4.07. The molecule has 0 bridgehead atoms. The summed E-state index contributed by atoms with van der Waals surface area (Å²) in [4.78, 5) is 30.5. The molecule has 378 valence electrons. The molecule has 10 nitrogen and oxygen atoms in total. The molecule has 1 heterocycles. The monoisotopic (exact) mass is 909 g/mol. The molecule has 2 unspecified atom stereocenters. The fourth-order valence-electron chi connectivity index (χ4n) is 9.09. The quantitative estimate of drug-likeness (QED) is 0.0360. The number of aliphatic hydroxyl groups is 1. The molecule has 1 N–H and O–H groups in total. The Kier molecular flexibility index (Phi) is 39.5. The topological polar surface area (TPSA) is 107 Å². The highest BCUT2D eigenvalue weighted by Crippen LogP contribution is 2.27. The lowest BCUT2D eigenvalue weighted by molar-refractivity contribution is -0.149. The number of carbonyl (C=O) groups is 2. The summed E-state index contributed by atoms with van der Waals surface area (Å²) >= 11 is 0. The van der Waals surface area contributed by atoms with Crippen molar-refractivity contribution in [2.24, 2.45) is 0 Å². The van der Waals surface area contributed by atoms with Crippen LogP contribution in [0.15, 0.2) is 0 Å². The fraction of sp³-hybridized carbons (Fsp3) is 0.963. The summed E-state index contributed by atoms with van der Waals surface area (Å²) in [5, 5.41) is 9.47. The summed E-state index contributed by atoms with van der Waals surface area (Å²) in [5.74, 6) is -0.198. The highest BCUT2D eigenvalue weighted by Gasteiger charge is 2.38. The van der Waals surface area contributed by atoms with Crippen LogP contribution in [0.1, 0.15) is 245 Å². The van der Waals surface area contributed by atoms with Gasteiger partial charge in [0.15, 0.2) is 6.29 Å². The van der Waals surface area contributed by atoms with Crippen molar-refractivity contribution in [3.05, 3.63) is 0 Å². The van der Waals surface area contributed by atoms with E-state index in [0.29, 0.717) is 38.7 Å². The van der Waals surface area contributed by atoms with Crippen molar-refractivity contribution in [3.63, 3.8) is 0 Å². The molecule has 64 heavy (non-hydrogen) atoms. The summed E-state index contributed by atoms with van der Waals surface area (Å²) in [6.07, 6.45) is 39.9. The van der Waals surface area contributed by atoms with Crippen LogP contribution in [0.25, 0.3) is 0 Å². The number of aliphatic hydroxyl groups excluding tert-OH is 1. The molecule has 1 aliphatic carbocycles. The summed E-state index contributed by atoms with van der Waals surface area (Å²) < 4.78 is 30.2. The summed E-state index contributed by atoms with van der Waals surface area (Å²) in [5.41, 5.74) is 0. The number of rotatable bonds is 49. The largest absolute Gasteiger partial charge is 0.466 e. The standard InChI is InChI=1S/C54H104N2O8/c1-4-7-10-13-14-15-18-23-29-42-61-52(58)34-26-25-28-38-56-48-50(60-46-33-39-55(40-41-57)49-36-37-49)47-51(56)54(59)64-45-32-24-19-16-17-20-27-35-53(62-43-30-21-11-8-5-2)63-44-31-22-12-9-6-3/h49-51,53,57H,4-48H2,1-3H3. The van der Waals surface area contributed by atoms with Crippen molar-refractivity contribution in [2.75, 3.05) is 65.8 Å². The van der Waals surface area contributed by atoms with Gasteiger partial charge in [-0.25, -0.2) is 0 Å². The molecular weight excluding hydrogens is 805 g/mol. The Hall–Kier alpha value is -1.30. The number of hydrogen-bond acceptors (Lipinski definition) is 10. The number of esters is 2. The van der Waals surface area contributed by atoms with E-state index in [1.165, 1.54) is 128 Å². The van der Waals surface area contributed by atoms with Crippen molar-refractivity contribution in [3.8, 4) is 0 Å². The highest BCUT2D eigenvalue weighted by molar-refractivity contribution is 5.76. The number of carbonyl (C=O) groups excluding carboxylic acids is 2. The Morgan fingerprint density at radius 2 is 1.06 bits per heavy atom. The molecule has 10 heteroatoms. The van der Waals surface area contributed by atoms with Crippen molar-refractivity contribution in [1.82, 2.24) is 9.80 Å². The molecule has 0 radical (unpaired) electrons. The Bertz CT molecular complexity index is 1030. The second-order valence-corrected chi connectivity index (χ2v) is 19.4. The smallest absolute Gasteiger partial charge is 0.323 e. The third-order valence-electron chi connectivity index (χ3n) is 13.3. The van der Waals surface area contributed by atoms with Gasteiger partial charge in [-0.05, 0) is 77.2 Å². The zero-order valence-electron chi connectivity index (χ0n) is 42.3. The predicted molar refractivity (Wildman–Crippen MR) is 264 cm³/mol. The number of unbranched alkanes of at least 4 members (excludes halogenated alkanes) is 24. The maximum absolute atomic E-state index is 13.5. The molecule has 0 aromatic carbocycles. The van der Waals surface area contributed by atoms with Crippen molar-refractivity contribution >= 4 is 11.9 Å². The fourth-order valence-corrected chi connectivity index (χ4v) is 9.09. The van der Waals surface area contributed by atoms with E-state index < -0.39 is 0 Å². The lowest BCUT2D eigenvalue weighted by atomic mass is 10.1. The first-order chi connectivity index (χ1) is 31.5. The lowest BCUT2D eigenvalue weighted by Gasteiger charge is -2.22. The molecule has 2 fully saturated rings.